The average molecular weight is 732 g/mol. The quantitative estimate of drug-likeness (QED) is 0.0664. The Balaban J connectivity index is 0.000000181. The van der Waals surface area contributed by atoms with Gasteiger partial charge in [-0.1, -0.05) is 43.5 Å². The van der Waals surface area contributed by atoms with E-state index in [1.54, 1.807) is 37.5 Å². The van der Waals surface area contributed by atoms with Crippen molar-refractivity contribution in [2.45, 2.75) is 37.3 Å². The summed E-state index contributed by atoms with van der Waals surface area (Å²) in [6.45, 7) is 0.841. The second-order valence-corrected chi connectivity index (χ2v) is 12.6. The van der Waals surface area contributed by atoms with Gasteiger partial charge < -0.3 is 14.8 Å². The number of nitrogens with zero attached hydrogens (tertiary/aromatic N) is 6. The summed E-state index contributed by atoms with van der Waals surface area (Å²) in [4.78, 5) is 46.7. The normalized spacial score (nSPS) is 13.1. The second-order valence-electron chi connectivity index (χ2n) is 11.9. The molecule has 270 valence electrons. The number of anilines is 1. The number of ether oxygens (including phenoxy) is 2. The van der Waals surface area contributed by atoms with Crippen molar-refractivity contribution < 1.29 is 27.5 Å². The molecular weight excluding hydrogens is 697 g/mol. The molecule has 1 N–H and O–H groups in total. The lowest BCUT2D eigenvalue weighted by Crippen LogP contribution is -2.21. The van der Waals surface area contributed by atoms with Crippen LogP contribution in [0.25, 0.3) is 22.1 Å². The number of para-hydroxylation sites is 2. The van der Waals surface area contributed by atoms with E-state index in [9.17, 15) is 18.4 Å². The summed E-state index contributed by atoms with van der Waals surface area (Å²) in [5, 5.41) is 4.79. The molecular formula is C36H35F2N7O6S. The molecule has 0 atom stereocenters. The molecule has 0 unspecified atom stereocenters. The summed E-state index contributed by atoms with van der Waals surface area (Å²) in [5.74, 6) is 0.0619. The van der Waals surface area contributed by atoms with Gasteiger partial charge in [0.05, 0.1) is 7.11 Å². The minimum Gasteiger partial charge on any atom is -0.448 e. The van der Waals surface area contributed by atoms with Gasteiger partial charge in [-0.3, -0.25) is 18.7 Å². The lowest BCUT2D eigenvalue weighted by Gasteiger charge is -2.21. The predicted octanol–water partition coefficient (Wildman–Crippen LogP) is 7.10. The summed E-state index contributed by atoms with van der Waals surface area (Å²) in [6.07, 6.45) is 9.51. The zero-order valence-electron chi connectivity index (χ0n) is 28.5. The molecule has 0 aliphatic heterocycles. The van der Waals surface area contributed by atoms with Crippen LogP contribution in [0.4, 0.5) is 14.7 Å². The Bertz CT molecular complexity index is 2320. The monoisotopic (exact) mass is 731 g/mol. The first kappa shape index (κ1) is 36.3. The van der Waals surface area contributed by atoms with Crippen LogP contribution < -0.4 is 25.9 Å². The standard InChI is InChI=1S/C21H23FN4O2.C15H12FN3O4S/c1-26-19-15(11-18(20(26)27)28-17-10-6-5-9-16(17)22)13-24-21(25-19)23-12-14-7-3-2-4-8-14;1-19-13-9(8-17-15(18-13)24-23-21-2)7-12(14(19)20)22-11-6-4-3-5-10(11)16/h5-6,9-11,13-14H,2-4,7-8,12H2,1H3,(H,23,24,25);3-8H,1-2H3. The number of hydrogen-bond donors (Lipinski definition) is 1. The third-order valence-corrected chi connectivity index (χ3v) is 8.92. The van der Waals surface area contributed by atoms with E-state index in [0.29, 0.717) is 33.9 Å². The zero-order chi connectivity index (χ0) is 36.6. The van der Waals surface area contributed by atoms with Crippen molar-refractivity contribution in [3.63, 3.8) is 0 Å². The van der Waals surface area contributed by atoms with E-state index < -0.39 is 17.2 Å². The van der Waals surface area contributed by atoms with E-state index in [1.807, 2.05) is 0 Å². The van der Waals surface area contributed by atoms with Crippen LogP contribution in [0.5, 0.6) is 23.0 Å². The van der Waals surface area contributed by atoms with Gasteiger partial charge in [0.25, 0.3) is 11.1 Å². The van der Waals surface area contributed by atoms with Crippen molar-refractivity contribution >= 4 is 40.1 Å². The maximum atomic E-state index is 13.8. The van der Waals surface area contributed by atoms with Crippen LogP contribution in [-0.4, -0.2) is 42.7 Å². The molecule has 4 heterocycles. The highest BCUT2D eigenvalue weighted by atomic mass is 32.2. The molecule has 0 saturated heterocycles. The van der Waals surface area contributed by atoms with E-state index in [2.05, 4.69) is 30.1 Å². The van der Waals surface area contributed by atoms with Crippen LogP contribution >= 0.6 is 12.0 Å². The first-order valence-electron chi connectivity index (χ1n) is 16.4. The van der Waals surface area contributed by atoms with Gasteiger partial charge in [0.2, 0.25) is 11.1 Å². The Hall–Kier alpha value is -5.45. The molecule has 1 aliphatic carbocycles. The van der Waals surface area contributed by atoms with Crippen molar-refractivity contribution in [1.29, 1.82) is 0 Å². The van der Waals surface area contributed by atoms with E-state index in [-0.39, 0.29) is 33.7 Å². The third kappa shape index (κ3) is 8.53. The maximum absolute atomic E-state index is 13.8. The van der Waals surface area contributed by atoms with Crippen LogP contribution in [0.15, 0.2) is 87.8 Å². The lowest BCUT2D eigenvalue weighted by atomic mass is 9.89. The summed E-state index contributed by atoms with van der Waals surface area (Å²) in [6, 6.07) is 14.9. The van der Waals surface area contributed by atoms with Gasteiger partial charge in [0.15, 0.2) is 34.6 Å². The van der Waals surface area contributed by atoms with E-state index >= 15 is 0 Å². The Labute approximate surface area is 300 Å². The van der Waals surface area contributed by atoms with Gasteiger partial charge in [0, 0.05) is 43.8 Å². The first-order valence-corrected chi connectivity index (χ1v) is 17.2. The summed E-state index contributed by atoms with van der Waals surface area (Å²) < 4.78 is 45.9. The van der Waals surface area contributed by atoms with Gasteiger partial charge in [-0.05, 0) is 55.2 Å². The van der Waals surface area contributed by atoms with Crippen molar-refractivity contribution in [3.8, 4) is 23.0 Å². The minimum atomic E-state index is -0.556. The fraction of sp³-hybridized carbons (Fsp3) is 0.278. The molecule has 0 bridgehead atoms. The number of aryl methyl sites for hydroxylation is 2. The SMILES string of the molecule is COOSc1ncc2cc(Oc3ccccc3F)c(=O)n(C)c2n1.Cn1c(=O)c(Oc2ccccc2F)cc2cnc(NCC3CCCCC3)nc21. The molecule has 7 rings (SSSR count). The maximum Gasteiger partial charge on any atom is 0.294 e. The highest BCUT2D eigenvalue weighted by Gasteiger charge is 2.17. The van der Waals surface area contributed by atoms with Crippen molar-refractivity contribution in [2.75, 3.05) is 19.0 Å². The Morgan fingerprint density at radius 1 is 0.769 bits per heavy atom. The number of aromatic nitrogens is 6. The van der Waals surface area contributed by atoms with E-state index in [1.165, 1.54) is 98.0 Å². The van der Waals surface area contributed by atoms with Gasteiger partial charge in [-0.25, -0.2) is 28.6 Å². The number of rotatable bonds is 10. The summed E-state index contributed by atoms with van der Waals surface area (Å²) >= 11 is 0.818. The Morgan fingerprint density at radius 3 is 1.87 bits per heavy atom. The summed E-state index contributed by atoms with van der Waals surface area (Å²) in [7, 11) is 4.52. The number of nitrogens with one attached hydrogen (secondary N) is 1. The molecule has 6 aromatic rings. The number of fused-ring (bicyclic) bond motifs is 2. The highest BCUT2D eigenvalue weighted by molar-refractivity contribution is 7.94. The van der Waals surface area contributed by atoms with Crippen LogP contribution in [0.2, 0.25) is 0 Å². The van der Waals surface area contributed by atoms with Gasteiger partial charge in [0.1, 0.15) is 23.3 Å². The Morgan fingerprint density at radius 2 is 1.31 bits per heavy atom. The van der Waals surface area contributed by atoms with Crippen LogP contribution in [-0.2, 0) is 23.3 Å². The minimum absolute atomic E-state index is 0.00522. The third-order valence-electron chi connectivity index (χ3n) is 8.37. The predicted molar refractivity (Wildman–Crippen MR) is 192 cm³/mol. The Kier molecular flexibility index (Phi) is 11.7. The molecule has 0 amide bonds. The summed E-state index contributed by atoms with van der Waals surface area (Å²) in [5.41, 5.74) is 0.0610. The van der Waals surface area contributed by atoms with Crippen molar-refractivity contribution in [2.24, 2.45) is 20.0 Å². The molecule has 1 fully saturated rings. The molecule has 1 aliphatic rings. The van der Waals surface area contributed by atoms with Crippen LogP contribution in [0.3, 0.4) is 0 Å². The lowest BCUT2D eigenvalue weighted by molar-refractivity contribution is -0.160. The molecule has 0 radical (unpaired) electrons. The molecule has 2 aromatic carbocycles. The van der Waals surface area contributed by atoms with Crippen molar-refractivity contribution in [1.82, 2.24) is 29.1 Å². The van der Waals surface area contributed by atoms with Crippen LogP contribution in [0.1, 0.15) is 32.1 Å². The van der Waals surface area contributed by atoms with Gasteiger partial charge >= 0.3 is 0 Å². The molecule has 52 heavy (non-hydrogen) atoms. The number of halogens is 2. The first-order chi connectivity index (χ1) is 25.2. The molecule has 16 heteroatoms. The van der Waals surface area contributed by atoms with E-state index in [4.69, 9.17) is 13.8 Å². The molecule has 4 aromatic heterocycles. The van der Waals surface area contributed by atoms with Gasteiger partial charge in [-0.2, -0.15) is 9.32 Å². The largest absolute Gasteiger partial charge is 0.448 e. The average Bonchev–Trinajstić information content (AvgIpc) is 3.16. The van der Waals surface area contributed by atoms with Crippen LogP contribution in [0, 0.1) is 17.6 Å². The fourth-order valence-corrected chi connectivity index (χ4v) is 6.02. The number of benzene rings is 2. The molecule has 13 nitrogen and oxygen atoms in total. The zero-order valence-corrected chi connectivity index (χ0v) is 29.4. The fourth-order valence-electron chi connectivity index (χ4n) is 5.67. The number of hydrogen-bond acceptors (Lipinski definition) is 12. The van der Waals surface area contributed by atoms with Gasteiger partial charge in [-0.15, -0.1) is 0 Å². The molecule has 0 spiro atoms. The smallest absolute Gasteiger partial charge is 0.294 e. The number of pyridine rings is 2. The second kappa shape index (κ2) is 16.7. The highest BCUT2D eigenvalue weighted by Crippen LogP contribution is 2.27. The van der Waals surface area contributed by atoms with Crippen molar-refractivity contribution in [3.05, 3.63) is 105 Å². The topological polar surface area (TPSA) is 145 Å². The van der Waals surface area contributed by atoms with E-state index in [0.717, 1.165) is 18.6 Å². The molecule has 1 saturated carbocycles.